The Morgan fingerprint density at radius 3 is 2.15 bits per heavy atom. The number of hydrogen-bond donors (Lipinski definition) is 2. The fourth-order valence-electron chi connectivity index (χ4n) is 2.06. The number of rotatable bonds is 5. The molecule has 106 valence electrons. The van der Waals surface area contributed by atoms with Crippen molar-refractivity contribution in [3.05, 3.63) is 70.2 Å². The molecule has 2 aromatic carbocycles. The van der Waals surface area contributed by atoms with Gasteiger partial charge in [0, 0.05) is 17.6 Å². The van der Waals surface area contributed by atoms with E-state index in [2.05, 4.69) is 43.4 Å². The number of hydrogen-bond acceptors (Lipinski definition) is 2. The predicted octanol–water partition coefficient (Wildman–Crippen LogP) is 4.03. The van der Waals surface area contributed by atoms with Crippen LogP contribution in [-0.4, -0.2) is 11.7 Å². The van der Waals surface area contributed by atoms with E-state index in [1.807, 2.05) is 12.1 Å². The SMILES string of the molecule is Cc1ccc([C@@H](C)NCC(O)c2ccc(Cl)cc2)cc1. The Hall–Kier alpha value is -1.35. The van der Waals surface area contributed by atoms with Crippen molar-refractivity contribution in [2.75, 3.05) is 6.54 Å². The van der Waals surface area contributed by atoms with Crippen LogP contribution in [0.25, 0.3) is 0 Å². The maximum atomic E-state index is 10.1. The molecule has 2 rings (SSSR count). The molecular formula is C17H20ClNO. The first-order valence-corrected chi connectivity index (χ1v) is 7.17. The van der Waals surface area contributed by atoms with Gasteiger partial charge in [-0.15, -0.1) is 0 Å². The van der Waals surface area contributed by atoms with E-state index in [0.717, 1.165) is 5.56 Å². The van der Waals surface area contributed by atoms with Crippen LogP contribution in [0.1, 0.15) is 35.8 Å². The molecule has 0 aromatic heterocycles. The molecule has 0 fully saturated rings. The first-order valence-electron chi connectivity index (χ1n) is 6.80. The van der Waals surface area contributed by atoms with Crippen molar-refractivity contribution in [3.63, 3.8) is 0 Å². The summed E-state index contributed by atoms with van der Waals surface area (Å²) in [5.41, 5.74) is 3.35. The van der Waals surface area contributed by atoms with Crippen LogP contribution in [0.2, 0.25) is 5.02 Å². The van der Waals surface area contributed by atoms with Crippen molar-refractivity contribution in [3.8, 4) is 0 Å². The Labute approximate surface area is 125 Å². The number of aryl methyl sites for hydroxylation is 1. The second kappa shape index (κ2) is 6.89. The Morgan fingerprint density at radius 2 is 1.55 bits per heavy atom. The van der Waals surface area contributed by atoms with E-state index < -0.39 is 6.10 Å². The van der Waals surface area contributed by atoms with Crippen molar-refractivity contribution in [2.45, 2.75) is 26.0 Å². The highest BCUT2D eigenvalue weighted by atomic mass is 35.5. The van der Waals surface area contributed by atoms with E-state index in [1.54, 1.807) is 12.1 Å². The molecule has 0 amide bonds. The molecule has 0 bridgehead atoms. The van der Waals surface area contributed by atoms with Gasteiger partial charge in [0.25, 0.3) is 0 Å². The maximum absolute atomic E-state index is 10.1. The third kappa shape index (κ3) is 4.07. The lowest BCUT2D eigenvalue weighted by Gasteiger charge is -2.18. The van der Waals surface area contributed by atoms with Gasteiger partial charge in [0.05, 0.1) is 6.10 Å². The van der Waals surface area contributed by atoms with Crippen LogP contribution in [0.15, 0.2) is 48.5 Å². The number of benzene rings is 2. The third-order valence-corrected chi connectivity index (χ3v) is 3.70. The summed E-state index contributed by atoms with van der Waals surface area (Å²) >= 11 is 5.84. The summed E-state index contributed by atoms with van der Waals surface area (Å²) < 4.78 is 0. The second-order valence-corrected chi connectivity index (χ2v) is 5.54. The zero-order valence-electron chi connectivity index (χ0n) is 11.8. The molecule has 0 spiro atoms. The van der Waals surface area contributed by atoms with Crippen LogP contribution in [0.5, 0.6) is 0 Å². The first-order chi connectivity index (χ1) is 9.56. The molecule has 2 atom stereocenters. The zero-order valence-corrected chi connectivity index (χ0v) is 12.6. The predicted molar refractivity (Wildman–Crippen MR) is 84.0 cm³/mol. The zero-order chi connectivity index (χ0) is 14.5. The molecule has 2 nitrogen and oxygen atoms in total. The van der Waals surface area contributed by atoms with E-state index in [1.165, 1.54) is 11.1 Å². The van der Waals surface area contributed by atoms with E-state index in [4.69, 9.17) is 11.6 Å². The molecule has 0 radical (unpaired) electrons. The standard InChI is InChI=1S/C17H20ClNO/c1-12-3-5-14(6-4-12)13(2)19-11-17(20)15-7-9-16(18)10-8-15/h3-10,13,17,19-20H,11H2,1-2H3/t13-,17?/m1/s1. The second-order valence-electron chi connectivity index (χ2n) is 5.11. The van der Waals surface area contributed by atoms with Crippen molar-refractivity contribution in [1.29, 1.82) is 0 Å². The van der Waals surface area contributed by atoms with Crippen molar-refractivity contribution >= 4 is 11.6 Å². The fourth-order valence-corrected chi connectivity index (χ4v) is 2.19. The molecule has 2 N–H and O–H groups in total. The number of nitrogens with one attached hydrogen (secondary N) is 1. The Balaban J connectivity index is 1.91. The first kappa shape index (κ1) is 15.0. The van der Waals surface area contributed by atoms with Gasteiger partial charge in [-0.1, -0.05) is 53.6 Å². The summed E-state index contributed by atoms with van der Waals surface area (Å²) in [6.07, 6.45) is -0.528. The summed E-state index contributed by atoms with van der Waals surface area (Å²) in [5.74, 6) is 0. The van der Waals surface area contributed by atoms with Crippen LogP contribution in [0.3, 0.4) is 0 Å². The van der Waals surface area contributed by atoms with Crippen molar-refractivity contribution < 1.29 is 5.11 Å². The van der Waals surface area contributed by atoms with Gasteiger partial charge in [-0.2, -0.15) is 0 Å². The van der Waals surface area contributed by atoms with Crippen LogP contribution in [0, 0.1) is 6.92 Å². The molecule has 3 heteroatoms. The number of halogens is 1. The van der Waals surface area contributed by atoms with Gasteiger partial charge in [0.15, 0.2) is 0 Å². The van der Waals surface area contributed by atoms with Crippen LogP contribution < -0.4 is 5.32 Å². The lowest BCUT2D eigenvalue weighted by atomic mass is 10.1. The van der Waals surface area contributed by atoms with Gasteiger partial charge in [0.2, 0.25) is 0 Å². The van der Waals surface area contributed by atoms with Crippen LogP contribution in [0.4, 0.5) is 0 Å². The van der Waals surface area contributed by atoms with Crippen molar-refractivity contribution in [2.24, 2.45) is 0 Å². The minimum absolute atomic E-state index is 0.206. The van der Waals surface area contributed by atoms with Crippen LogP contribution >= 0.6 is 11.6 Å². The van der Waals surface area contributed by atoms with Gasteiger partial charge in [-0.3, -0.25) is 0 Å². The molecule has 0 aliphatic heterocycles. The molecule has 20 heavy (non-hydrogen) atoms. The molecule has 2 aromatic rings. The Morgan fingerprint density at radius 1 is 1.00 bits per heavy atom. The lowest BCUT2D eigenvalue weighted by molar-refractivity contribution is 0.171. The number of aliphatic hydroxyl groups is 1. The lowest BCUT2D eigenvalue weighted by Crippen LogP contribution is -2.24. The molecule has 0 saturated heterocycles. The average molecular weight is 290 g/mol. The van der Waals surface area contributed by atoms with E-state index >= 15 is 0 Å². The highest BCUT2D eigenvalue weighted by molar-refractivity contribution is 6.30. The van der Waals surface area contributed by atoms with E-state index in [-0.39, 0.29) is 6.04 Å². The van der Waals surface area contributed by atoms with Gasteiger partial charge < -0.3 is 10.4 Å². The van der Waals surface area contributed by atoms with Gasteiger partial charge in [0.1, 0.15) is 0 Å². The number of aliphatic hydroxyl groups excluding tert-OH is 1. The monoisotopic (exact) mass is 289 g/mol. The van der Waals surface area contributed by atoms with Crippen LogP contribution in [-0.2, 0) is 0 Å². The molecule has 0 aliphatic carbocycles. The Kier molecular flexibility index (Phi) is 5.18. The maximum Gasteiger partial charge on any atom is 0.0914 e. The largest absolute Gasteiger partial charge is 0.387 e. The third-order valence-electron chi connectivity index (χ3n) is 3.45. The fraction of sp³-hybridized carbons (Fsp3) is 0.294. The summed E-state index contributed by atoms with van der Waals surface area (Å²) in [6, 6.07) is 15.9. The average Bonchev–Trinajstić information content (AvgIpc) is 2.46. The van der Waals surface area contributed by atoms with Gasteiger partial charge in [-0.25, -0.2) is 0 Å². The molecule has 1 unspecified atom stereocenters. The molecule has 0 heterocycles. The highest BCUT2D eigenvalue weighted by Gasteiger charge is 2.10. The van der Waals surface area contributed by atoms with E-state index in [0.29, 0.717) is 11.6 Å². The van der Waals surface area contributed by atoms with E-state index in [9.17, 15) is 5.11 Å². The summed E-state index contributed by atoms with van der Waals surface area (Å²) in [5, 5.41) is 14.2. The summed E-state index contributed by atoms with van der Waals surface area (Å²) in [7, 11) is 0. The topological polar surface area (TPSA) is 32.3 Å². The molecular weight excluding hydrogens is 270 g/mol. The normalized spacial score (nSPS) is 14.0. The highest BCUT2D eigenvalue weighted by Crippen LogP contribution is 2.18. The minimum atomic E-state index is -0.528. The van der Waals surface area contributed by atoms with Gasteiger partial charge in [-0.05, 0) is 37.1 Å². The Bertz CT molecular complexity index is 484. The smallest absolute Gasteiger partial charge is 0.0914 e. The molecule has 0 aliphatic rings. The molecule has 0 saturated carbocycles. The van der Waals surface area contributed by atoms with Gasteiger partial charge >= 0.3 is 0 Å². The summed E-state index contributed by atoms with van der Waals surface area (Å²) in [4.78, 5) is 0. The summed E-state index contributed by atoms with van der Waals surface area (Å²) in [6.45, 7) is 4.68. The van der Waals surface area contributed by atoms with Crippen molar-refractivity contribution in [1.82, 2.24) is 5.32 Å². The quantitative estimate of drug-likeness (QED) is 0.871. The minimum Gasteiger partial charge on any atom is -0.387 e.